The van der Waals surface area contributed by atoms with Gasteiger partial charge in [0.05, 0.1) is 18.4 Å². The Morgan fingerprint density at radius 1 is 0.844 bits per heavy atom. The molecule has 0 fully saturated rings. The Labute approximate surface area is 190 Å². The van der Waals surface area contributed by atoms with Crippen LogP contribution in [-0.2, 0) is 19.1 Å². The minimum Gasteiger partial charge on any atom is -0.490 e. The molecule has 0 aliphatic rings. The molecule has 6 heteroatoms. The van der Waals surface area contributed by atoms with Crippen molar-refractivity contribution in [2.24, 2.45) is 11.8 Å². The summed E-state index contributed by atoms with van der Waals surface area (Å²) in [6, 6.07) is 19.4. The minimum absolute atomic E-state index is 0.0449. The van der Waals surface area contributed by atoms with Crippen LogP contribution in [-0.4, -0.2) is 43.5 Å². The summed E-state index contributed by atoms with van der Waals surface area (Å²) in [5, 5.41) is 8.88. The highest BCUT2D eigenvalue weighted by molar-refractivity contribution is 5.76. The predicted molar refractivity (Wildman–Crippen MR) is 122 cm³/mol. The van der Waals surface area contributed by atoms with Crippen LogP contribution in [0.5, 0.6) is 5.75 Å². The van der Waals surface area contributed by atoms with E-state index in [0.29, 0.717) is 12.8 Å². The third-order valence-corrected chi connectivity index (χ3v) is 5.38. The number of hydrogen-bond donors (Lipinski definition) is 1. The fraction of sp³-hybridized carbons (Fsp3) is 0.462. The van der Waals surface area contributed by atoms with Gasteiger partial charge in [-0.15, -0.1) is 0 Å². The molecule has 0 saturated heterocycles. The van der Waals surface area contributed by atoms with Crippen LogP contribution >= 0.6 is 0 Å². The molecule has 3 atom stereocenters. The maximum absolute atomic E-state index is 12.9. The summed E-state index contributed by atoms with van der Waals surface area (Å²) in [5.41, 5.74) is 1.16. The van der Waals surface area contributed by atoms with Crippen molar-refractivity contribution in [1.82, 2.24) is 0 Å². The first-order chi connectivity index (χ1) is 15.5. The number of aliphatic hydroxyl groups is 1. The third-order valence-electron chi connectivity index (χ3n) is 5.38. The summed E-state index contributed by atoms with van der Waals surface area (Å²) in [5.74, 6) is -0.790. The Hall–Kier alpha value is -2.86. The highest BCUT2D eigenvalue weighted by Gasteiger charge is 2.29. The molecule has 2 rings (SSSR count). The lowest BCUT2D eigenvalue weighted by atomic mass is 9.83. The fourth-order valence-electron chi connectivity index (χ4n) is 3.64. The number of esters is 2. The van der Waals surface area contributed by atoms with Gasteiger partial charge in [-0.05, 0) is 42.9 Å². The minimum atomic E-state index is -0.479. The van der Waals surface area contributed by atoms with E-state index in [1.54, 1.807) is 6.92 Å². The zero-order valence-electron chi connectivity index (χ0n) is 18.9. The van der Waals surface area contributed by atoms with Crippen molar-refractivity contribution in [3.63, 3.8) is 0 Å². The SMILES string of the molecule is CCC(CC(CC(C)C(=O)OCCO)C(=O)OCCOc1ccccc1)c1ccccc1. The molecule has 0 amide bonds. The molecule has 0 aromatic heterocycles. The predicted octanol–water partition coefficient (Wildman–Crippen LogP) is 4.37. The van der Waals surface area contributed by atoms with Gasteiger partial charge in [0.15, 0.2) is 0 Å². The average molecular weight is 443 g/mol. The highest BCUT2D eigenvalue weighted by Crippen LogP contribution is 2.31. The first-order valence-corrected chi connectivity index (χ1v) is 11.2. The molecule has 0 bridgehead atoms. The molecule has 1 N–H and O–H groups in total. The van der Waals surface area contributed by atoms with Gasteiger partial charge < -0.3 is 19.3 Å². The van der Waals surface area contributed by atoms with Crippen molar-refractivity contribution in [2.45, 2.75) is 39.0 Å². The lowest BCUT2D eigenvalue weighted by Crippen LogP contribution is -2.27. The van der Waals surface area contributed by atoms with Gasteiger partial charge in [0, 0.05) is 0 Å². The van der Waals surface area contributed by atoms with Crippen LogP contribution in [0.25, 0.3) is 0 Å². The molecule has 0 radical (unpaired) electrons. The lowest BCUT2D eigenvalue weighted by Gasteiger charge is -2.24. The molecule has 0 spiro atoms. The topological polar surface area (TPSA) is 82.1 Å². The van der Waals surface area contributed by atoms with Gasteiger partial charge >= 0.3 is 11.9 Å². The van der Waals surface area contributed by atoms with Crippen molar-refractivity contribution < 1.29 is 28.9 Å². The van der Waals surface area contributed by atoms with Gasteiger partial charge in [0.25, 0.3) is 0 Å². The highest BCUT2D eigenvalue weighted by atomic mass is 16.6. The number of rotatable bonds is 14. The summed E-state index contributed by atoms with van der Waals surface area (Å²) in [4.78, 5) is 25.1. The largest absolute Gasteiger partial charge is 0.490 e. The molecule has 3 unspecified atom stereocenters. The maximum atomic E-state index is 12.9. The second-order valence-corrected chi connectivity index (χ2v) is 7.81. The molecule has 32 heavy (non-hydrogen) atoms. The standard InChI is InChI=1S/C26H34O6/c1-3-21(22-10-6-4-7-11-22)19-23(18-20(2)25(28)31-15-14-27)26(29)32-17-16-30-24-12-8-5-9-13-24/h4-13,20-21,23,27H,3,14-19H2,1-2H3. The molecular formula is C26H34O6. The van der Waals surface area contributed by atoms with E-state index in [4.69, 9.17) is 19.3 Å². The first-order valence-electron chi connectivity index (χ1n) is 11.2. The fourth-order valence-corrected chi connectivity index (χ4v) is 3.64. The number of aliphatic hydroxyl groups excluding tert-OH is 1. The summed E-state index contributed by atoms with van der Waals surface area (Å²) in [7, 11) is 0. The molecule has 2 aromatic rings. The van der Waals surface area contributed by atoms with Crippen LogP contribution < -0.4 is 4.74 Å². The summed E-state index contributed by atoms with van der Waals surface area (Å²) < 4.78 is 16.1. The van der Waals surface area contributed by atoms with E-state index < -0.39 is 17.8 Å². The molecule has 0 heterocycles. The number of benzene rings is 2. The van der Waals surface area contributed by atoms with Crippen LogP contribution in [0.15, 0.2) is 60.7 Å². The van der Waals surface area contributed by atoms with Crippen molar-refractivity contribution in [1.29, 1.82) is 0 Å². The van der Waals surface area contributed by atoms with E-state index in [1.165, 1.54) is 0 Å². The van der Waals surface area contributed by atoms with Crippen LogP contribution in [0.1, 0.15) is 44.6 Å². The third kappa shape index (κ3) is 8.71. The Kier molecular flexibility index (Phi) is 11.3. The molecular weight excluding hydrogens is 408 g/mol. The van der Waals surface area contributed by atoms with E-state index in [2.05, 4.69) is 19.1 Å². The van der Waals surface area contributed by atoms with E-state index in [9.17, 15) is 9.59 Å². The molecule has 0 aliphatic heterocycles. The molecule has 0 aliphatic carbocycles. The first kappa shape index (κ1) is 25.4. The monoisotopic (exact) mass is 442 g/mol. The number of ether oxygens (including phenoxy) is 3. The molecule has 2 aromatic carbocycles. The normalized spacial score (nSPS) is 13.6. The van der Waals surface area contributed by atoms with Gasteiger partial charge in [0.1, 0.15) is 25.6 Å². The number of carbonyl (C=O) groups is 2. The van der Waals surface area contributed by atoms with Crippen LogP contribution in [0.4, 0.5) is 0 Å². The van der Waals surface area contributed by atoms with Crippen molar-refractivity contribution in [3.8, 4) is 5.75 Å². The number of para-hydroxylation sites is 1. The second kappa shape index (κ2) is 14.2. The van der Waals surface area contributed by atoms with Gasteiger partial charge in [-0.25, -0.2) is 0 Å². The Balaban J connectivity index is 1.99. The molecule has 6 nitrogen and oxygen atoms in total. The van der Waals surface area contributed by atoms with Crippen LogP contribution in [0.2, 0.25) is 0 Å². The summed E-state index contributed by atoms with van der Waals surface area (Å²) in [6.45, 7) is 3.95. The van der Waals surface area contributed by atoms with E-state index in [0.717, 1.165) is 17.7 Å². The maximum Gasteiger partial charge on any atom is 0.309 e. The Morgan fingerprint density at radius 2 is 1.47 bits per heavy atom. The molecule has 0 saturated carbocycles. The van der Waals surface area contributed by atoms with Gasteiger partial charge in [0.2, 0.25) is 0 Å². The van der Waals surface area contributed by atoms with E-state index >= 15 is 0 Å². The lowest BCUT2D eigenvalue weighted by molar-refractivity contribution is -0.153. The zero-order valence-corrected chi connectivity index (χ0v) is 18.9. The quantitative estimate of drug-likeness (QED) is 0.346. The average Bonchev–Trinajstić information content (AvgIpc) is 2.83. The zero-order chi connectivity index (χ0) is 23.2. The van der Waals surface area contributed by atoms with Crippen molar-refractivity contribution in [2.75, 3.05) is 26.4 Å². The van der Waals surface area contributed by atoms with Crippen molar-refractivity contribution >= 4 is 11.9 Å². The van der Waals surface area contributed by atoms with Gasteiger partial charge in [-0.1, -0.05) is 62.4 Å². The van der Waals surface area contributed by atoms with Crippen LogP contribution in [0.3, 0.4) is 0 Å². The van der Waals surface area contributed by atoms with Gasteiger partial charge in [-0.3, -0.25) is 9.59 Å². The Morgan fingerprint density at radius 3 is 2.09 bits per heavy atom. The summed E-state index contributed by atoms with van der Waals surface area (Å²) in [6.07, 6.45) is 1.77. The second-order valence-electron chi connectivity index (χ2n) is 7.81. The Bertz CT molecular complexity index is 792. The van der Waals surface area contributed by atoms with Crippen LogP contribution in [0, 0.1) is 11.8 Å². The summed E-state index contributed by atoms with van der Waals surface area (Å²) >= 11 is 0. The molecule has 174 valence electrons. The van der Waals surface area contributed by atoms with Crippen molar-refractivity contribution in [3.05, 3.63) is 66.2 Å². The van der Waals surface area contributed by atoms with E-state index in [-0.39, 0.29) is 38.3 Å². The number of hydrogen-bond acceptors (Lipinski definition) is 6. The van der Waals surface area contributed by atoms with Gasteiger partial charge in [-0.2, -0.15) is 0 Å². The number of carbonyl (C=O) groups excluding carboxylic acids is 2. The van der Waals surface area contributed by atoms with E-state index in [1.807, 2.05) is 48.5 Å². The smallest absolute Gasteiger partial charge is 0.309 e.